The number of hydrogen-bond donors (Lipinski definition) is 2. The van der Waals surface area contributed by atoms with Crippen molar-refractivity contribution < 1.29 is 4.42 Å². The predicted molar refractivity (Wildman–Crippen MR) is 116 cm³/mol. The smallest absolute Gasteiger partial charge is 0.191 e. The van der Waals surface area contributed by atoms with E-state index < -0.39 is 0 Å². The largest absolute Gasteiger partial charge is 0.468 e. The van der Waals surface area contributed by atoms with Crippen LogP contribution in [-0.2, 0) is 0 Å². The lowest BCUT2D eigenvalue weighted by atomic mass is 10.1. The maximum Gasteiger partial charge on any atom is 0.191 e. The molecule has 3 heterocycles. The number of nitrogens with one attached hydrogen (secondary N) is 2. The van der Waals surface area contributed by atoms with E-state index in [9.17, 15) is 0 Å². The van der Waals surface area contributed by atoms with Crippen LogP contribution in [0.25, 0.3) is 0 Å². The van der Waals surface area contributed by atoms with Crippen molar-refractivity contribution in [2.75, 3.05) is 52.4 Å². The van der Waals surface area contributed by atoms with Gasteiger partial charge in [0.2, 0.25) is 0 Å². The fraction of sp³-hybridized carbons (Fsp3) is 0.773. The predicted octanol–water partition coefficient (Wildman–Crippen LogP) is 3.09. The summed E-state index contributed by atoms with van der Waals surface area (Å²) in [6.07, 6.45) is 8.20. The second-order valence-electron chi connectivity index (χ2n) is 8.18. The van der Waals surface area contributed by atoms with Crippen molar-refractivity contribution in [1.29, 1.82) is 0 Å². The van der Waals surface area contributed by atoms with Crippen LogP contribution in [0.15, 0.2) is 27.8 Å². The van der Waals surface area contributed by atoms with E-state index in [1.54, 1.807) is 6.26 Å². The van der Waals surface area contributed by atoms with Gasteiger partial charge in [-0.15, -0.1) is 0 Å². The molecule has 1 aromatic rings. The Hall–Kier alpha value is -1.53. The van der Waals surface area contributed by atoms with E-state index in [0.29, 0.717) is 0 Å². The molecule has 6 heteroatoms. The number of hydrogen-bond acceptors (Lipinski definition) is 4. The number of nitrogens with zero attached hydrogens (tertiary/aromatic N) is 3. The Kier molecular flexibility index (Phi) is 8.68. The zero-order valence-corrected chi connectivity index (χ0v) is 17.8. The summed E-state index contributed by atoms with van der Waals surface area (Å²) in [6, 6.07) is 4.31. The van der Waals surface area contributed by atoms with Gasteiger partial charge in [0.1, 0.15) is 5.76 Å². The molecule has 0 radical (unpaired) electrons. The first-order valence-electron chi connectivity index (χ1n) is 11.3. The van der Waals surface area contributed by atoms with Gasteiger partial charge in [-0.1, -0.05) is 13.3 Å². The molecule has 1 aromatic heterocycles. The molecule has 2 atom stereocenters. The lowest BCUT2D eigenvalue weighted by molar-refractivity contribution is 0.150. The molecule has 2 fully saturated rings. The summed E-state index contributed by atoms with van der Waals surface area (Å²) in [5.41, 5.74) is 0. The van der Waals surface area contributed by atoms with Crippen molar-refractivity contribution in [3.05, 3.63) is 24.2 Å². The van der Waals surface area contributed by atoms with Gasteiger partial charge in [-0.2, -0.15) is 0 Å². The first-order chi connectivity index (χ1) is 13.8. The Balaban J connectivity index is 1.56. The summed E-state index contributed by atoms with van der Waals surface area (Å²) < 4.78 is 5.76. The van der Waals surface area contributed by atoms with Gasteiger partial charge in [-0.25, -0.2) is 0 Å². The highest BCUT2D eigenvalue weighted by Crippen LogP contribution is 2.25. The highest BCUT2D eigenvalue weighted by Gasteiger charge is 2.25. The standard InChI is InChI=1S/C22H39N5O/c1-3-11-26-14-10-19(18-26)16-24-22(23-4-2)25-17-20(21-9-8-15-28-21)27-12-6-5-7-13-27/h8-9,15,19-20H,3-7,10-14,16-18H2,1-2H3,(H2,23,24,25). The quantitative estimate of drug-likeness (QED) is 0.502. The van der Waals surface area contributed by atoms with Gasteiger partial charge < -0.3 is 20.0 Å². The Labute approximate surface area is 170 Å². The lowest BCUT2D eigenvalue weighted by Gasteiger charge is -2.32. The molecule has 6 nitrogen and oxygen atoms in total. The summed E-state index contributed by atoms with van der Waals surface area (Å²) in [7, 11) is 0. The van der Waals surface area contributed by atoms with Crippen LogP contribution in [-0.4, -0.2) is 68.1 Å². The van der Waals surface area contributed by atoms with E-state index >= 15 is 0 Å². The van der Waals surface area contributed by atoms with Crippen LogP contribution in [0.2, 0.25) is 0 Å². The number of likely N-dealkylation sites (tertiary alicyclic amines) is 2. The normalized spacial score (nSPS) is 23.1. The van der Waals surface area contributed by atoms with E-state index in [4.69, 9.17) is 9.41 Å². The molecular weight excluding hydrogens is 350 g/mol. The van der Waals surface area contributed by atoms with Crippen molar-refractivity contribution >= 4 is 5.96 Å². The molecule has 0 aromatic carbocycles. The highest BCUT2D eigenvalue weighted by molar-refractivity contribution is 5.79. The van der Waals surface area contributed by atoms with Gasteiger partial charge >= 0.3 is 0 Å². The first kappa shape index (κ1) is 21.2. The molecule has 2 unspecified atom stereocenters. The monoisotopic (exact) mass is 389 g/mol. The summed E-state index contributed by atoms with van der Waals surface area (Å²) in [5, 5.41) is 7.01. The third-order valence-electron chi connectivity index (χ3n) is 5.94. The van der Waals surface area contributed by atoms with Crippen molar-refractivity contribution in [2.24, 2.45) is 10.9 Å². The van der Waals surface area contributed by atoms with Crippen molar-refractivity contribution in [2.45, 2.75) is 52.0 Å². The van der Waals surface area contributed by atoms with E-state index in [0.717, 1.165) is 50.4 Å². The summed E-state index contributed by atoms with van der Waals surface area (Å²) in [6.45, 7) is 13.0. The number of rotatable bonds is 9. The molecule has 28 heavy (non-hydrogen) atoms. The Morgan fingerprint density at radius 3 is 2.79 bits per heavy atom. The SMILES string of the molecule is CCCN1CCC(CNC(=NCC(c2ccco2)N2CCCCC2)NCC)C1. The van der Waals surface area contributed by atoms with E-state index in [-0.39, 0.29) is 6.04 Å². The fourth-order valence-electron chi connectivity index (χ4n) is 4.46. The van der Waals surface area contributed by atoms with Crippen LogP contribution in [0.4, 0.5) is 0 Å². The topological polar surface area (TPSA) is 56.0 Å². The van der Waals surface area contributed by atoms with Crippen LogP contribution in [0.3, 0.4) is 0 Å². The Bertz CT molecular complexity index is 567. The number of guanidine groups is 1. The van der Waals surface area contributed by atoms with Gasteiger partial charge in [-0.05, 0) is 76.8 Å². The minimum Gasteiger partial charge on any atom is -0.468 e. The molecular formula is C22H39N5O. The van der Waals surface area contributed by atoms with Crippen molar-refractivity contribution in [3.8, 4) is 0 Å². The molecule has 158 valence electrons. The molecule has 3 rings (SSSR count). The van der Waals surface area contributed by atoms with Crippen LogP contribution < -0.4 is 10.6 Å². The van der Waals surface area contributed by atoms with Crippen LogP contribution in [0.5, 0.6) is 0 Å². The molecule has 0 aliphatic carbocycles. The minimum absolute atomic E-state index is 0.234. The second-order valence-corrected chi connectivity index (χ2v) is 8.18. The van der Waals surface area contributed by atoms with E-state index in [2.05, 4.69) is 40.3 Å². The molecule has 2 saturated heterocycles. The van der Waals surface area contributed by atoms with Gasteiger partial charge in [0.05, 0.1) is 18.8 Å². The number of aliphatic imine (C=N–C) groups is 1. The van der Waals surface area contributed by atoms with E-state index in [1.165, 1.54) is 51.7 Å². The molecule has 2 N–H and O–H groups in total. The lowest BCUT2D eigenvalue weighted by Crippen LogP contribution is -2.41. The third kappa shape index (κ3) is 6.24. The Morgan fingerprint density at radius 2 is 2.07 bits per heavy atom. The average molecular weight is 390 g/mol. The van der Waals surface area contributed by atoms with Gasteiger partial charge in [0, 0.05) is 19.6 Å². The molecule has 0 spiro atoms. The molecule has 0 saturated carbocycles. The van der Waals surface area contributed by atoms with Crippen LogP contribution >= 0.6 is 0 Å². The number of piperidine rings is 1. The molecule has 2 aliphatic rings. The molecule has 2 aliphatic heterocycles. The molecule has 0 amide bonds. The first-order valence-corrected chi connectivity index (χ1v) is 11.3. The minimum atomic E-state index is 0.234. The average Bonchev–Trinajstić information content (AvgIpc) is 3.40. The van der Waals surface area contributed by atoms with Gasteiger partial charge in [-0.3, -0.25) is 9.89 Å². The van der Waals surface area contributed by atoms with Gasteiger partial charge in [0.25, 0.3) is 0 Å². The van der Waals surface area contributed by atoms with Gasteiger partial charge in [0.15, 0.2) is 5.96 Å². The Morgan fingerprint density at radius 1 is 1.21 bits per heavy atom. The zero-order chi connectivity index (χ0) is 19.6. The van der Waals surface area contributed by atoms with E-state index in [1.807, 2.05) is 6.07 Å². The highest BCUT2D eigenvalue weighted by atomic mass is 16.3. The summed E-state index contributed by atoms with van der Waals surface area (Å²) in [4.78, 5) is 10.1. The molecule has 0 bridgehead atoms. The third-order valence-corrected chi connectivity index (χ3v) is 5.94. The maximum atomic E-state index is 5.76. The second kappa shape index (κ2) is 11.5. The van der Waals surface area contributed by atoms with Crippen molar-refractivity contribution in [1.82, 2.24) is 20.4 Å². The number of furan rings is 1. The summed E-state index contributed by atoms with van der Waals surface area (Å²) in [5.74, 6) is 2.69. The van der Waals surface area contributed by atoms with Crippen LogP contribution in [0.1, 0.15) is 57.8 Å². The van der Waals surface area contributed by atoms with Crippen molar-refractivity contribution in [3.63, 3.8) is 0 Å². The summed E-state index contributed by atoms with van der Waals surface area (Å²) >= 11 is 0. The van der Waals surface area contributed by atoms with Crippen LogP contribution in [0, 0.1) is 5.92 Å². The fourth-order valence-corrected chi connectivity index (χ4v) is 4.46. The zero-order valence-electron chi connectivity index (χ0n) is 17.8. The maximum absolute atomic E-state index is 5.76.